The Balaban J connectivity index is 1.05. The van der Waals surface area contributed by atoms with Crippen LogP contribution in [0, 0.1) is 0 Å². The quantitative estimate of drug-likeness (QED) is 0.148. The van der Waals surface area contributed by atoms with Gasteiger partial charge in [0.2, 0.25) is 0 Å². The van der Waals surface area contributed by atoms with Crippen LogP contribution in [0.1, 0.15) is 29.8 Å². The molecule has 0 saturated carbocycles. The summed E-state index contributed by atoms with van der Waals surface area (Å²) in [6, 6.07) is 42.8. The molecule has 1 fully saturated rings. The number of para-hydroxylation sites is 1. The van der Waals surface area contributed by atoms with Crippen molar-refractivity contribution in [1.82, 2.24) is 24.5 Å². The lowest BCUT2D eigenvalue weighted by Gasteiger charge is -2.40. The third kappa shape index (κ3) is 7.48. The van der Waals surface area contributed by atoms with Gasteiger partial charge >= 0.3 is 0 Å². The highest BCUT2D eigenvalue weighted by Crippen LogP contribution is 2.30. The number of aromatic nitrogens is 2. The predicted molar refractivity (Wildman–Crippen MR) is 183 cm³/mol. The average Bonchev–Trinajstić information content (AvgIpc) is 3.52. The van der Waals surface area contributed by atoms with Gasteiger partial charge in [0, 0.05) is 62.8 Å². The molecule has 2 heterocycles. The monoisotopic (exact) mass is 603 g/mol. The predicted octanol–water partition coefficient (Wildman–Crippen LogP) is 7.46. The van der Waals surface area contributed by atoms with Crippen LogP contribution in [0.3, 0.4) is 0 Å². The molecule has 6 heteroatoms. The SMILES string of the molecule is CCN(CCc1cc(-c2ccccc2)n(-c2ccccc2)n1)CCN1CCN(C(c2ccccc2)c2ccc(Cl)cc2)CC1. The van der Waals surface area contributed by atoms with Crippen molar-refractivity contribution in [3.05, 3.63) is 143 Å². The average molecular weight is 604 g/mol. The summed E-state index contributed by atoms with van der Waals surface area (Å²) in [7, 11) is 0. The Labute approximate surface area is 267 Å². The van der Waals surface area contributed by atoms with E-state index in [2.05, 4.69) is 135 Å². The third-order valence-corrected chi connectivity index (χ3v) is 9.02. The number of piperazine rings is 1. The van der Waals surface area contributed by atoms with Gasteiger partial charge in [-0.05, 0) is 48.0 Å². The molecule has 0 aliphatic carbocycles. The van der Waals surface area contributed by atoms with Crippen molar-refractivity contribution in [3.63, 3.8) is 0 Å². The first-order valence-electron chi connectivity index (χ1n) is 15.9. The zero-order chi connectivity index (χ0) is 30.1. The van der Waals surface area contributed by atoms with Crippen LogP contribution >= 0.6 is 11.6 Å². The molecule has 4 aromatic carbocycles. The topological polar surface area (TPSA) is 27.5 Å². The summed E-state index contributed by atoms with van der Waals surface area (Å²) in [6.07, 6.45) is 0.932. The van der Waals surface area contributed by atoms with Crippen LogP contribution in [0.2, 0.25) is 5.02 Å². The molecule has 1 aromatic heterocycles. The number of nitrogens with zero attached hydrogens (tertiary/aromatic N) is 5. The molecule has 5 aromatic rings. The second kappa shape index (κ2) is 14.8. The van der Waals surface area contributed by atoms with Gasteiger partial charge in [-0.15, -0.1) is 0 Å². The van der Waals surface area contributed by atoms with E-state index in [0.29, 0.717) is 0 Å². The van der Waals surface area contributed by atoms with E-state index in [1.807, 2.05) is 12.1 Å². The molecular weight excluding hydrogens is 562 g/mol. The van der Waals surface area contributed by atoms with Crippen LogP contribution in [0.25, 0.3) is 16.9 Å². The first kappa shape index (κ1) is 30.3. The molecule has 0 radical (unpaired) electrons. The van der Waals surface area contributed by atoms with Gasteiger partial charge in [0.05, 0.1) is 23.1 Å². The zero-order valence-corrected chi connectivity index (χ0v) is 26.4. The summed E-state index contributed by atoms with van der Waals surface area (Å²) < 4.78 is 2.09. The van der Waals surface area contributed by atoms with E-state index in [1.54, 1.807) is 0 Å². The van der Waals surface area contributed by atoms with Crippen LogP contribution in [0.15, 0.2) is 121 Å². The van der Waals surface area contributed by atoms with E-state index in [0.717, 1.165) is 80.9 Å². The maximum absolute atomic E-state index is 6.23. The number of benzene rings is 4. The Kier molecular flexibility index (Phi) is 10.2. The fraction of sp³-hybridized carbons (Fsp3) is 0.289. The second-order valence-corrected chi connectivity index (χ2v) is 12.0. The zero-order valence-electron chi connectivity index (χ0n) is 25.6. The number of likely N-dealkylation sites (N-methyl/N-ethyl adjacent to an activating group) is 1. The fourth-order valence-corrected chi connectivity index (χ4v) is 6.38. The molecule has 1 unspecified atom stereocenters. The van der Waals surface area contributed by atoms with E-state index in [1.165, 1.54) is 16.7 Å². The summed E-state index contributed by atoms with van der Waals surface area (Å²) in [5, 5.41) is 5.84. The highest BCUT2D eigenvalue weighted by atomic mass is 35.5. The fourth-order valence-electron chi connectivity index (χ4n) is 6.26. The second-order valence-electron chi connectivity index (χ2n) is 11.6. The summed E-state index contributed by atoms with van der Waals surface area (Å²) in [5.74, 6) is 0. The molecule has 0 amide bonds. The van der Waals surface area contributed by atoms with E-state index >= 15 is 0 Å². The van der Waals surface area contributed by atoms with Crippen LogP contribution in [-0.4, -0.2) is 76.8 Å². The molecular formula is C38H42ClN5. The van der Waals surface area contributed by atoms with E-state index in [-0.39, 0.29) is 6.04 Å². The lowest BCUT2D eigenvalue weighted by atomic mass is 9.96. The Bertz CT molecular complexity index is 1510. The van der Waals surface area contributed by atoms with Crippen molar-refractivity contribution in [2.75, 3.05) is 52.4 Å². The van der Waals surface area contributed by atoms with Gasteiger partial charge in [-0.1, -0.05) is 110 Å². The molecule has 5 nitrogen and oxygen atoms in total. The van der Waals surface area contributed by atoms with Gasteiger partial charge in [-0.2, -0.15) is 5.10 Å². The van der Waals surface area contributed by atoms with E-state index in [9.17, 15) is 0 Å². The highest BCUT2D eigenvalue weighted by molar-refractivity contribution is 6.30. The highest BCUT2D eigenvalue weighted by Gasteiger charge is 2.26. The Morgan fingerprint density at radius 1 is 0.727 bits per heavy atom. The molecule has 1 atom stereocenters. The normalized spacial score (nSPS) is 15.1. The maximum Gasteiger partial charge on any atom is 0.0743 e. The van der Waals surface area contributed by atoms with Crippen LogP contribution in [0.4, 0.5) is 0 Å². The summed E-state index contributed by atoms with van der Waals surface area (Å²) in [5.41, 5.74) is 7.19. The minimum absolute atomic E-state index is 0.249. The van der Waals surface area contributed by atoms with E-state index < -0.39 is 0 Å². The molecule has 44 heavy (non-hydrogen) atoms. The first-order valence-corrected chi connectivity index (χ1v) is 16.2. The number of rotatable bonds is 12. The maximum atomic E-state index is 6.23. The van der Waals surface area contributed by atoms with Crippen molar-refractivity contribution < 1.29 is 0 Å². The van der Waals surface area contributed by atoms with Gasteiger partial charge in [0.15, 0.2) is 0 Å². The van der Waals surface area contributed by atoms with Gasteiger partial charge in [-0.3, -0.25) is 9.80 Å². The lowest BCUT2D eigenvalue weighted by molar-refractivity contribution is 0.0999. The van der Waals surface area contributed by atoms with Crippen molar-refractivity contribution in [2.45, 2.75) is 19.4 Å². The molecule has 6 rings (SSSR count). The number of hydrogen-bond donors (Lipinski definition) is 0. The molecule has 1 aliphatic rings. The molecule has 1 saturated heterocycles. The standard InChI is InChI=1S/C38H42ClN5/c1-2-41(23-22-35-30-37(31-12-6-3-7-13-31)44(40-35)36-16-10-5-11-17-36)24-25-42-26-28-43(29-27-42)38(32-14-8-4-9-15-32)33-18-20-34(39)21-19-33/h3-21,30,38H,2,22-29H2,1H3. The molecule has 1 aliphatic heterocycles. The van der Waals surface area contributed by atoms with Gasteiger partial charge < -0.3 is 4.90 Å². The van der Waals surface area contributed by atoms with Crippen LogP contribution < -0.4 is 0 Å². The van der Waals surface area contributed by atoms with Gasteiger partial charge in [0.1, 0.15) is 0 Å². The summed E-state index contributed by atoms with van der Waals surface area (Å²) in [4.78, 5) is 7.82. The van der Waals surface area contributed by atoms with Crippen LogP contribution in [-0.2, 0) is 6.42 Å². The number of halogens is 1. The van der Waals surface area contributed by atoms with Gasteiger partial charge in [-0.25, -0.2) is 4.68 Å². The molecule has 0 bridgehead atoms. The molecule has 0 spiro atoms. The Hall–Kier alpha value is -3.74. The van der Waals surface area contributed by atoms with Crippen LogP contribution in [0.5, 0.6) is 0 Å². The minimum atomic E-state index is 0.249. The number of hydrogen-bond acceptors (Lipinski definition) is 4. The Morgan fingerprint density at radius 3 is 2.00 bits per heavy atom. The largest absolute Gasteiger partial charge is 0.302 e. The molecule has 0 N–H and O–H groups in total. The molecule has 226 valence electrons. The lowest BCUT2D eigenvalue weighted by Crippen LogP contribution is -2.49. The third-order valence-electron chi connectivity index (χ3n) is 8.77. The minimum Gasteiger partial charge on any atom is -0.302 e. The summed E-state index contributed by atoms with van der Waals surface area (Å²) in [6.45, 7) is 10.7. The van der Waals surface area contributed by atoms with Crippen molar-refractivity contribution in [2.24, 2.45) is 0 Å². The first-order chi connectivity index (χ1) is 21.7. The Morgan fingerprint density at radius 2 is 1.34 bits per heavy atom. The smallest absolute Gasteiger partial charge is 0.0743 e. The van der Waals surface area contributed by atoms with Gasteiger partial charge in [0.25, 0.3) is 0 Å². The summed E-state index contributed by atoms with van der Waals surface area (Å²) >= 11 is 6.23. The van der Waals surface area contributed by atoms with Crippen molar-refractivity contribution in [3.8, 4) is 16.9 Å². The van der Waals surface area contributed by atoms with Crippen molar-refractivity contribution in [1.29, 1.82) is 0 Å². The van der Waals surface area contributed by atoms with Crippen molar-refractivity contribution >= 4 is 11.6 Å². The van der Waals surface area contributed by atoms with E-state index in [4.69, 9.17) is 16.7 Å².